The van der Waals surface area contributed by atoms with Gasteiger partial charge in [0, 0.05) is 23.8 Å². The van der Waals surface area contributed by atoms with E-state index in [-0.39, 0.29) is 11.9 Å². The van der Waals surface area contributed by atoms with Gasteiger partial charge in [-0.1, -0.05) is 12.1 Å². The fraction of sp³-hybridized carbons (Fsp3) is 0.350. The highest BCUT2D eigenvalue weighted by Gasteiger charge is 2.34. The predicted octanol–water partition coefficient (Wildman–Crippen LogP) is 3.37. The maximum atomic E-state index is 9.52. The molecule has 1 unspecified atom stereocenters. The molecule has 2 saturated heterocycles. The highest BCUT2D eigenvalue weighted by Crippen LogP contribution is 2.33. The number of pyridine rings is 1. The molecule has 0 amide bonds. The summed E-state index contributed by atoms with van der Waals surface area (Å²) in [6, 6.07) is 10.5. The van der Waals surface area contributed by atoms with Gasteiger partial charge < -0.3 is 19.6 Å². The van der Waals surface area contributed by atoms with E-state index in [0.717, 1.165) is 35.2 Å². The van der Waals surface area contributed by atoms with Crippen LogP contribution < -0.4 is 10.1 Å². The maximum absolute atomic E-state index is 9.52. The lowest BCUT2D eigenvalue weighted by Crippen LogP contribution is -2.42. The Morgan fingerprint density at radius 2 is 1.84 bits per heavy atom. The van der Waals surface area contributed by atoms with Crippen molar-refractivity contribution in [2.24, 2.45) is 0 Å². The monoisotopic (exact) mass is 335 g/mol. The fourth-order valence-corrected chi connectivity index (χ4v) is 4.19. The van der Waals surface area contributed by atoms with Gasteiger partial charge in [0.15, 0.2) is 0 Å². The van der Waals surface area contributed by atoms with E-state index in [1.807, 2.05) is 28.9 Å². The van der Waals surface area contributed by atoms with Crippen molar-refractivity contribution in [3.05, 3.63) is 49.1 Å². The molecular weight excluding hydrogens is 314 g/mol. The molecule has 2 N–H and O–H groups in total. The van der Waals surface area contributed by atoms with E-state index in [0.29, 0.717) is 12.1 Å². The number of fused-ring (bicyclic) bond motifs is 3. The van der Waals surface area contributed by atoms with Crippen LogP contribution in [0.1, 0.15) is 25.7 Å². The molecule has 5 heteroatoms. The number of nitrogens with one attached hydrogen (secondary N) is 1. The number of phenolic OH excluding ortho intramolecular Hbond substituents is 1. The van der Waals surface area contributed by atoms with Crippen LogP contribution in [0.3, 0.4) is 0 Å². The molecule has 0 radical (unpaired) electrons. The quantitative estimate of drug-likeness (QED) is 0.770. The molecule has 0 aliphatic carbocycles. The first kappa shape index (κ1) is 14.8. The second-order valence-corrected chi connectivity index (χ2v) is 7.18. The van der Waals surface area contributed by atoms with Crippen LogP contribution in [-0.4, -0.2) is 32.7 Å². The topological polar surface area (TPSA) is 58.8 Å². The Bertz CT molecular complexity index is 891. The Hall–Kier alpha value is -2.53. The van der Waals surface area contributed by atoms with Gasteiger partial charge in [-0.25, -0.2) is 4.98 Å². The Morgan fingerprint density at radius 3 is 2.60 bits per heavy atom. The number of benzene rings is 1. The van der Waals surface area contributed by atoms with Gasteiger partial charge in [-0.05, 0) is 49.4 Å². The molecule has 1 aromatic carbocycles. The molecule has 2 fully saturated rings. The van der Waals surface area contributed by atoms with Crippen LogP contribution in [0.4, 0.5) is 0 Å². The van der Waals surface area contributed by atoms with Gasteiger partial charge in [0.05, 0.1) is 12.5 Å². The van der Waals surface area contributed by atoms with Gasteiger partial charge in [-0.3, -0.25) is 0 Å². The molecular formula is C20H21N3O2. The normalized spacial score (nSPS) is 25.4. The minimum absolute atomic E-state index is 0.257. The number of rotatable bonds is 3. The summed E-state index contributed by atoms with van der Waals surface area (Å²) >= 11 is 0. The third-order valence-electron chi connectivity index (χ3n) is 5.41. The number of aromatic hydroxyl groups is 1. The summed E-state index contributed by atoms with van der Waals surface area (Å²) in [6.07, 6.45) is 10.6. The van der Waals surface area contributed by atoms with Crippen LogP contribution >= 0.6 is 0 Å². The standard InChI is InChI=1S/C20H21N3O2/c24-17-5-1-13(2-6-17)14-7-20(19-10-21-12-23(19)11-14)25-18-8-15-3-4-16(9-18)22-15/h1-2,5-7,10-12,15-16,18,22,24H,3-4,8-9H2/t15-,16+,18?. The molecule has 5 rings (SSSR count). The van der Waals surface area contributed by atoms with E-state index in [9.17, 15) is 5.11 Å². The predicted molar refractivity (Wildman–Crippen MR) is 95.9 cm³/mol. The molecule has 0 saturated carbocycles. The van der Waals surface area contributed by atoms with Crippen LogP contribution in [0, 0.1) is 0 Å². The number of hydrogen-bond donors (Lipinski definition) is 2. The van der Waals surface area contributed by atoms with Crippen LogP contribution in [0.2, 0.25) is 0 Å². The van der Waals surface area contributed by atoms with Crippen molar-refractivity contribution in [1.82, 2.24) is 14.7 Å². The molecule has 5 nitrogen and oxygen atoms in total. The van der Waals surface area contributed by atoms with Crippen molar-refractivity contribution in [3.8, 4) is 22.6 Å². The van der Waals surface area contributed by atoms with Crippen LogP contribution in [0.25, 0.3) is 16.6 Å². The van der Waals surface area contributed by atoms with Crippen molar-refractivity contribution < 1.29 is 9.84 Å². The molecule has 2 aromatic heterocycles. The minimum atomic E-state index is 0.257. The zero-order chi connectivity index (χ0) is 16.8. The lowest BCUT2D eigenvalue weighted by molar-refractivity contribution is 0.139. The zero-order valence-electron chi connectivity index (χ0n) is 13.9. The molecule has 128 valence electrons. The number of hydrogen-bond acceptors (Lipinski definition) is 4. The van der Waals surface area contributed by atoms with Crippen molar-refractivity contribution in [3.63, 3.8) is 0 Å². The number of phenols is 1. The second-order valence-electron chi connectivity index (χ2n) is 7.18. The molecule has 0 spiro atoms. The van der Waals surface area contributed by atoms with Gasteiger partial charge in [0.2, 0.25) is 0 Å². The van der Waals surface area contributed by atoms with E-state index >= 15 is 0 Å². The van der Waals surface area contributed by atoms with E-state index in [2.05, 4.69) is 16.4 Å². The largest absolute Gasteiger partial charge is 0.508 e. The van der Waals surface area contributed by atoms with Crippen LogP contribution in [-0.2, 0) is 0 Å². The van der Waals surface area contributed by atoms with Crippen molar-refractivity contribution >= 4 is 5.52 Å². The van der Waals surface area contributed by atoms with E-state index < -0.39 is 0 Å². The first-order chi connectivity index (χ1) is 12.2. The summed E-state index contributed by atoms with van der Waals surface area (Å²) in [6.45, 7) is 0. The molecule has 3 atom stereocenters. The number of imidazole rings is 1. The molecule has 3 aromatic rings. The van der Waals surface area contributed by atoms with Crippen LogP contribution in [0.5, 0.6) is 11.5 Å². The Kier molecular flexibility index (Phi) is 3.41. The molecule has 2 bridgehead atoms. The fourth-order valence-electron chi connectivity index (χ4n) is 4.19. The Morgan fingerprint density at radius 1 is 1.08 bits per heavy atom. The van der Waals surface area contributed by atoms with Crippen LogP contribution in [0.15, 0.2) is 49.1 Å². The average Bonchev–Trinajstić information content (AvgIpc) is 3.22. The summed E-state index contributed by atoms with van der Waals surface area (Å²) in [4.78, 5) is 4.28. The third kappa shape index (κ3) is 2.74. The van der Waals surface area contributed by atoms with E-state index in [1.165, 1.54) is 12.8 Å². The van der Waals surface area contributed by atoms with Crippen molar-refractivity contribution in [2.75, 3.05) is 0 Å². The lowest BCUT2D eigenvalue weighted by atomic mass is 10.0. The van der Waals surface area contributed by atoms with Gasteiger partial charge in [0.25, 0.3) is 0 Å². The van der Waals surface area contributed by atoms with Gasteiger partial charge in [0.1, 0.15) is 23.1 Å². The maximum Gasteiger partial charge on any atom is 0.146 e. The van der Waals surface area contributed by atoms with Gasteiger partial charge >= 0.3 is 0 Å². The van der Waals surface area contributed by atoms with Crippen molar-refractivity contribution in [1.29, 1.82) is 0 Å². The first-order valence-corrected chi connectivity index (χ1v) is 8.92. The third-order valence-corrected chi connectivity index (χ3v) is 5.41. The number of piperidine rings is 1. The summed E-state index contributed by atoms with van der Waals surface area (Å²) in [5.41, 5.74) is 3.09. The number of aromatic nitrogens is 2. The Balaban J connectivity index is 1.50. The summed E-state index contributed by atoms with van der Waals surface area (Å²) in [5.74, 6) is 1.16. The average molecular weight is 335 g/mol. The highest BCUT2D eigenvalue weighted by molar-refractivity contribution is 5.71. The minimum Gasteiger partial charge on any atom is -0.508 e. The lowest BCUT2D eigenvalue weighted by Gasteiger charge is -2.29. The first-order valence-electron chi connectivity index (χ1n) is 8.92. The smallest absolute Gasteiger partial charge is 0.146 e. The second kappa shape index (κ2) is 5.77. The molecule has 4 heterocycles. The number of nitrogens with zero attached hydrogens (tertiary/aromatic N) is 2. The summed E-state index contributed by atoms with van der Waals surface area (Å²) in [5, 5.41) is 13.2. The molecule has 2 aliphatic rings. The summed E-state index contributed by atoms with van der Waals surface area (Å²) < 4.78 is 8.45. The SMILES string of the molecule is Oc1ccc(-c2cc(OC3C[C@H]4CC[C@@H](C3)N4)c3cncn3c2)cc1. The van der Waals surface area contributed by atoms with Crippen molar-refractivity contribution in [2.45, 2.75) is 43.9 Å². The summed E-state index contributed by atoms with van der Waals surface area (Å²) in [7, 11) is 0. The molecule has 25 heavy (non-hydrogen) atoms. The van der Waals surface area contributed by atoms with E-state index in [4.69, 9.17) is 4.74 Å². The zero-order valence-corrected chi connectivity index (χ0v) is 13.9. The Labute approximate surface area is 146 Å². The van der Waals surface area contributed by atoms with Gasteiger partial charge in [-0.15, -0.1) is 0 Å². The van der Waals surface area contributed by atoms with Gasteiger partial charge in [-0.2, -0.15) is 0 Å². The number of ether oxygens (including phenoxy) is 1. The highest BCUT2D eigenvalue weighted by atomic mass is 16.5. The molecule has 2 aliphatic heterocycles. The van der Waals surface area contributed by atoms with E-state index in [1.54, 1.807) is 18.5 Å².